The summed E-state index contributed by atoms with van der Waals surface area (Å²) in [4.78, 5) is 0. The maximum atomic E-state index is 5.75. The van der Waals surface area contributed by atoms with Crippen molar-refractivity contribution in [2.24, 2.45) is 5.92 Å². The van der Waals surface area contributed by atoms with Gasteiger partial charge in [-0.25, -0.2) is 0 Å². The Morgan fingerprint density at radius 1 is 1.22 bits per heavy atom. The van der Waals surface area contributed by atoms with E-state index in [4.69, 9.17) is 14.2 Å². The minimum atomic E-state index is 0.294. The molecule has 0 aromatic heterocycles. The summed E-state index contributed by atoms with van der Waals surface area (Å²) in [5, 5.41) is 0. The van der Waals surface area contributed by atoms with Crippen molar-refractivity contribution in [3.05, 3.63) is 35.4 Å². The van der Waals surface area contributed by atoms with E-state index in [1.54, 1.807) is 14.2 Å². The van der Waals surface area contributed by atoms with E-state index in [2.05, 4.69) is 12.1 Å². The summed E-state index contributed by atoms with van der Waals surface area (Å²) in [6.07, 6.45) is 1.42. The monoisotopic (exact) mass is 246 g/mol. The van der Waals surface area contributed by atoms with Gasteiger partial charge in [0.1, 0.15) is 5.75 Å². The molecule has 0 N–H and O–H groups in total. The van der Waals surface area contributed by atoms with E-state index in [1.165, 1.54) is 16.7 Å². The molecule has 3 heteroatoms. The molecule has 1 aromatic rings. The van der Waals surface area contributed by atoms with Crippen LogP contribution in [-0.4, -0.2) is 33.5 Å². The SMILES string of the molecule is COCC1=C(c2ccc(OC)cc2)C2CCOC12. The highest BCUT2D eigenvalue weighted by Gasteiger charge is 2.44. The summed E-state index contributed by atoms with van der Waals surface area (Å²) in [5.41, 5.74) is 4.00. The Morgan fingerprint density at radius 3 is 2.67 bits per heavy atom. The van der Waals surface area contributed by atoms with Crippen LogP contribution in [0.5, 0.6) is 5.75 Å². The van der Waals surface area contributed by atoms with Gasteiger partial charge in [-0.3, -0.25) is 0 Å². The first-order valence-electron chi connectivity index (χ1n) is 6.33. The lowest BCUT2D eigenvalue weighted by atomic mass is 9.71. The standard InChI is InChI=1S/C15H18O3/c1-16-9-13-14(12-7-8-18-15(12)13)10-3-5-11(17-2)6-4-10/h3-6,12,15H,7-9H2,1-2H3. The Morgan fingerprint density at radius 2 is 2.00 bits per heavy atom. The van der Waals surface area contributed by atoms with Crippen LogP contribution in [0.25, 0.3) is 5.57 Å². The van der Waals surface area contributed by atoms with Crippen LogP contribution >= 0.6 is 0 Å². The lowest BCUT2D eigenvalue weighted by Crippen LogP contribution is -2.34. The van der Waals surface area contributed by atoms with Crippen LogP contribution in [0.4, 0.5) is 0 Å². The molecule has 1 fully saturated rings. The largest absolute Gasteiger partial charge is 0.497 e. The van der Waals surface area contributed by atoms with E-state index in [0.717, 1.165) is 18.8 Å². The van der Waals surface area contributed by atoms with Crippen molar-refractivity contribution in [2.45, 2.75) is 12.5 Å². The molecule has 96 valence electrons. The number of fused-ring (bicyclic) bond motifs is 1. The maximum Gasteiger partial charge on any atom is 0.118 e. The first-order valence-corrected chi connectivity index (χ1v) is 6.33. The highest BCUT2D eigenvalue weighted by molar-refractivity contribution is 5.79. The molecule has 1 aliphatic heterocycles. The van der Waals surface area contributed by atoms with Crippen LogP contribution in [0.15, 0.2) is 29.8 Å². The van der Waals surface area contributed by atoms with Crippen molar-refractivity contribution in [2.75, 3.05) is 27.4 Å². The summed E-state index contributed by atoms with van der Waals surface area (Å²) >= 11 is 0. The van der Waals surface area contributed by atoms with Gasteiger partial charge >= 0.3 is 0 Å². The van der Waals surface area contributed by atoms with Gasteiger partial charge in [0, 0.05) is 19.6 Å². The predicted octanol–water partition coefficient (Wildman–Crippen LogP) is 2.51. The summed E-state index contributed by atoms with van der Waals surface area (Å²) < 4.78 is 16.2. The fraction of sp³-hybridized carbons (Fsp3) is 0.467. The van der Waals surface area contributed by atoms with Crippen LogP contribution in [0.1, 0.15) is 12.0 Å². The molecule has 3 nitrogen and oxygen atoms in total. The van der Waals surface area contributed by atoms with E-state index in [0.29, 0.717) is 18.6 Å². The van der Waals surface area contributed by atoms with Crippen molar-refractivity contribution in [3.63, 3.8) is 0 Å². The molecule has 2 atom stereocenters. The molecule has 2 unspecified atom stereocenters. The Hall–Kier alpha value is -1.32. The zero-order valence-corrected chi connectivity index (χ0v) is 10.8. The second-order valence-corrected chi connectivity index (χ2v) is 4.79. The van der Waals surface area contributed by atoms with Gasteiger partial charge in [-0.15, -0.1) is 0 Å². The molecule has 0 bridgehead atoms. The molecule has 0 radical (unpaired) electrons. The highest BCUT2D eigenvalue weighted by Crippen LogP contribution is 2.49. The van der Waals surface area contributed by atoms with Crippen LogP contribution in [0, 0.1) is 5.92 Å². The quantitative estimate of drug-likeness (QED) is 0.817. The van der Waals surface area contributed by atoms with Gasteiger partial charge in [0.25, 0.3) is 0 Å². The van der Waals surface area contributed by atoms with E-state index in [1.807, 2.05) is 12.1 Å². The minimum Gasteiger partial charge on any atom is -0.497 e. The summed E-state index contributed by atoms with van der Waals surface area (Å²) in [6, 6.07) is 8.27. The molecule has 1 aliphatic carbocycles. The zero-order chi connectivity index (χ0) is 12.5. The summed E-state index contributed by atoms with van der Waals surface area (Å²) in [5.74, 6) is 1.45. The minimum absolute atomic E-state index is 0.294. The Kier molecular flexibility index (Phi) is 3.10. The van der Waals surface area contributed by atoms with Gasteiger partial charge < -0.3 is 14.2 Å². The van der Waals surface area contributed by atoms with Crippen LogP contribution in [0.3, 0.4) is 0 Å². The second-order valence-electron chi connectivity index (χ2n) is 4.79. The van der Waals surface area contributed by atoms with Gasteiger partial charge in [-0.1, -0.05) is 12.1 Å². The smallest absolute Gasteiger partial charge is 0.118 e. The number of benzene rings is 1. The van der Waals surface area contributed by atoms with E-state index in [-0.39, 0.29) is 0 Å². The van der Waals surface area contributed by atoms with E-state index < -0.39 is 0 Å². The molecule has 0 saturated carbocycles. The molecular formula is C15H18O3. The van der Waals surface area contributed by atoms with Gasteiger partial charge in [0.15, 0.2) is 0 Å². The van der Waals surface area contributed by atoms with Gasteiger partial charge in [-0.2, -0.15) is 0 Å². The van der Waals surface area contributed by atoms with E-state index in [9.17, 15) is 0 Å². The topological polar surface area (TPSA) is 27.7 Å². The molecule has 1 saturated heterocycles. The third kappa shape index (κ3) is 1.74. The number of hydrogen-bond donors (Lipinski definition) is 0. The van der Waals surface area contributed by atoms with Gasteiger partial charge in [0.2, 0.25) is 0 Å². The average molecular weight is 246 g/mol. The third-order valence-electron chi connectivity index (χ3n) is 3.85. The van der Waals surface area contributed by atoms with Crippen molar-refractivity contribution in [1.82, 2.24) is 0 Å². The van der Waals surface area contributed by atoms with Crippen LogP contribution < -0.4 is 4.74 Å². The molecule has 18 heavy (non-hydrogen) atoms. The molecular weight excluding hydrogens is 228 g/mol. The molecule has 3 rings (SSSR count). The Labute approximate surface area is 107 Å². The first-order chi connectivity index (χ1) is 8.85. The van der Waals surface area contributed by atoms with Gasteiger partial charge in [-0.05, 0) is 35.3 Å². The Balaban J connectivity index is 1.92. The lowest BCUT2D eigenvalue weighted by molar-refractivity contribution is 0.0968. The fourth-order valence-corrected chi connectivity index (χ4v) is 3.01. The van der Waals surface area contributed by atoms with Gasteiger partial charge in [0.05, 0.1) is 19.8 Å². The molecule has 1 aromatic carbocycles. The van der Waals surface area contributed by atoms with Crippen molar-refractivity contribution < 1.29 is 14.2 Å². The zero-order valence-electron chi connectivity index (χ0n) is 10.8. The number of ether oxygens (including phenoxy) is 3. The molecule has 0 spiro atoms. The average Bonchev–Trinajstić information content (AvgIpc) is 2.81. The van der Waals surface area contributed by atoms with E-state index >= 15 is 0 Å². The normalized spacial score (nSPS) is 25.9. The predicted molar refractivity (Wildman–Crippen MR) is 69.6 cm³/mol. The summed E-state index contributed by atoms with van der Waals surface area (Å²) in [7, 11) is 3.43. The lowest BCUT2D eigenvalue weighted by Gasteiger charge is -2.36. The first kappa shape index (κ1) is 11.8. The number of methoxy groups -OCH3 is 2. The molecule has 1 heterocycles. The molecule has 0 amide bonds. The Bertz CT molecular complexity index is 461. The highest BCUT2D eigenvalue weighted by atomic mass is 16.5. The van der Waals surface area contributed by atoms with Crippen LogP contribution in [-0.2, 0) is 9.47 Å². The summed E-state index contributed by atoms with van der Waals surface area (Å²) in [6.45, 7) is 1.53. The fourth-order valence-electron chi connectivity index (χ4n) is 3.01. The number of hydrogen-bond acceptors (Lipinski definition) is 3. The maximum absolute atomic E-state index is 5.75. The van der Waals surface area contributed by atoms with Crippen LogP contribution in [0.2, 0.25) is 0 Å². The number of rotatable bonds is 4. The second kappa shape index (κ2) is 4.75. The molecule has 2 aliphatic rings. The van der Waals surface area contributed by atoms with Crippen molar-refractivity contribution in [3.8, 4) is 5.75 Å². The van der Waals surface area contributed by atoms with Crippen molar-refractivity contribution >= 4 is 5.57 Å². The van der Waals surface area contributed by atoms with Crippen molar-refractivity contribution in [1.29, 1.82) is 0 Å². The third-order valence-corrected chi connectivity index (χ3v) is 3.85.